The number of benzene rings is 1. The normalized spacial score (nSPS) is 10.6. The summed E-state index contributed by atoms with van der Waals surface area (Å²) in [7, 11) is 1.52. The summed E-state index contributed by atoms with van der Waals surface area (Å²) in [5, 5.41) is 1.08. The van der Waals surface area contributed by atoms with Crippen LogP contribution in [0.25, 0.3) is 10.9 Å². The third-order valence-electron chi connectivity index (χ3n) is 2.24. The zero-order chi connectivity index (χ0) is 11.0. The molecule has 0 saturated carbocycles. The molecular weight excluding hydrogens is 214 g/mol. The minimum absolute atomic E-state index is 0.0313. The van der Waals surface area contributed by atoms with Crippen molar-refractivity contribution in [2.24, 2.45) is 0 Å². The molecule has 0 aliphatic carbocycles. The molecule has 0 saturated heterocycles. The summed E-state index contributed by atoms with van der Waals surface area (Å²) < 4.78 is 5.05. The first-order chi connectivity index (χ1) is 7.11. The van der Waals surface area contributed by atoms with Crippen molar-refractivity contribution < 1.29 is 4.74 Å². The molecule has 0 radical (unpaired) electrons. The Morgan fingerprint density at radius 2 is 2.07 bits per heavy atom. The summed E-state index contributed by atoms with van der Waals surface area (Å²) in [5.41, 5.74) is 1.51. The number of methoxy groups -OCH3 is 1. The van der Waals surface area contributed by atoms with Crippen LogP contribution in [0.2, 0.25) is 5.02 Å². The van der Waals surface area contributed by atoms with E-state index in [1.807, 2.05) is 6.92 Å². The van der Waals surface area contributed by atoms with Gasteiger partial charge in [0.25, 0.3) is 0 Å². The van der Waals surface area contributed by atoms with Crippen LogP contribution < -0.4 is 10.2 Å². The smallest absolute Gasteiger partial charge is 0.189 e. The lowest BCUT2D eigenvalue weighted by atomic mass is 10.2. The first-order valence-electron chi connectivity index (χ1n) is 4.49. The van der Waals surface area contributed by atoms with Gasteiger partial charge in [-0.2, -0.15) is 0 Å². The molecule has 0 unspecified atom stereocenters. The Hall–Kier alpha value is -1.48. The monoisotopic (exact) mass is 223 g/mol. The fourth-order valence-electron chi connectivity index (χ4n) is 1.54. The number of aromatic amines is 1. The van der Waals surface area contributed by atoms with E-state index in [1.165, 1.54) is 7.11 Å². The van der Waals surface area contributed by atoms with E-state index in [2.05, 4.69) is 4.98 Å². The third-order valence-corrected chi connectivity index (χ3v) is 2.53. The molecule has 1 aromatic carbocycles. The molecule has 0 bridgehead atoms. The first kappa shape index (κ1) is 10.1. The molecule has 1 heterocycles. The van der Waals surface area contributed by atoms with Gasteiger partial charge in [-0.3, -0.25) is 4.79 Å². The number of hydrogen-bond donors (Lipinski definition) is 1. The Morgan fingerprint density at radius 3 is 2.73 bits per heavy atom. The van der Waals surface area contributed by atoms with Crippen LogP contribution in [0.1, 0.15) is 5.69 Å². The molecule has 0 fully saturated rings. The Bertz CT molecular complexity index is 575. The number of aromatic nitrogens is 1. The molecular formula is C11H10ClNO2. The van der Waals surface area contributed by atoms with Crippen LogP contribution in [0.3, 0.4) is 0 Å². The lowest BCUT2D eigenvalue weighted by Crippen LogP contribution is -2.03. The maximum absolute atomic E-state index is 11.7. The number of fused-ring (bicyclic) bond motifs is 1. The molecule has 1 aromatic heterocycles. The second kappa shape index (κ2) is 3.59. The summed E-state index contributed by atoms with van der Waals surface area (Å²) in [6.45, 7) is 1.83. The number of pyridine rings is 1. The van der Waals surface area contributed by atoms with E-state index in [1.54, 1.807) is 18.2 Å². The van der Waals surface area contributed by atoms with Crippen LogP contribution in [0.5, 0.6) is 5.75 Å². The van der Waals surface area contributed by atoms with Crippen molar-refractivity contribution in [3.63, 3.8) is 0 Å². The van der Waals surface area contributed by atoms with Crippen molar-refractivity contribution >= 4 is 22.5 Å². The minimum atomic E-state index is -0.0313. The minimum Gasteiger partial charge on any atom is -0.495 e. The molecule has 2 rings (SSSR count). The predicted octanol–water partition coefficient (Wildman–Crippen LogP) is 2.50. The van der Waals surface area contributed by atoms with Crippen molar-refractivity contribution in [3.05, 3.63) is 39.1 Å². The van der Waals surface area contributed by atoms with E-state index >= 15 is 0 Å². The van der Waals surface area contributed by atoms with Crippen LogP contribution in [0.15, 0.2) is 23.0 Å². The highest BCUT2D eigenvalue weighted by atomic mass is 35.5. The number of H-pyrrole nitrogens is 1. The number of hydrogen-bond acceptors (Lipinski definition) is 2. The van der Waals surface area contributed by atoms with Gasteiger partial charge in [0.2, 0.25) is 0 Å². The second-order valence-corrected chi connectivity index (χ2v) is 3.76. The number of rotatable bonds is 1. The molecule has 4 heteroatoms. The van der Waals surface area contributed by atoms with E-state index in [9.17, 15) is 4.79 Å². The van der Waals surface area contributed by atoms with Crippen molar-refractivity contribution in [3.8, 4) is 5.75 Å². The average molecular weight is 224 g/mol. The topological polar surface area (TPSA) is 42.1 Å². The standard InChI is InChI=1S/C11H10ClNO2/c1-6-3-10(14)7-4-11(15-2)8(12)5-9(7)13-6/h3-5H,1-2H3,(H,13,14). The van der Waals surface area contributed by atoms with Gasteiger partial charge in [-0.05, 0) is 19.1 Å². The number of halogens is 1. The van der Waals surface area contributed by atoms with Crippen LogP contribution in [-0.4, -0.2) is 12.1 Å². The fourth-order valence-corrected chi connectivity index (χ4v) is 1.78. The summed E-state index contributed by atoms with van der Waals surface area (Å²) in [5.74, 6) is 0.513. The van der Waals surface area contributed by atoms with Crippen LogP contribution in [0, 0.1) is 6.92 Å². The SMILES string of the molecule is COc1cc2c(=O)cc(C)[nH]c2cc1Cl. The van der Waals surface area contributed by atoms with Gasteiger partial charge in [0, 0.05) is 17.1 Å². The maximum atomic E-state index is 11.7. The Morgan fingerprint density at radius 1 is 1.33 bits per heavy atom. The number of ether oxygens (including phenoxy) is 1. The molecule has 3 nitrogen and oxygen atoms in total. The zero-order valence-corrected chi connectivity index (χ0v) is 9.18. The zero-order valence-electron chi connectivity index (χ0n) is 8.43. The number of nitrogens with one attached hydrogen (secondary N) is 1. The highest BCUT2D eigenvalue weighted by Gasteiger charge is 2.06. The molecule has 0 atom stereocenters. The summed E-state index contributed by atoms with van der Waals surface area (Å²) in [4.78, 5) is 14.7. The lowest BCUT2D eigenvalue weighted by molar-refractivity contribution is 0.415. The number of aryl methyl sites for hydroxylation is 1. The Balaban J connectivity index is 2.87. The summed E-state index contributed by atoms with van der Waals surface area (Å²) >= 11 is 5.96. The van der Waals surface area contributed by atoms with E-state index in [0.29, 0.717) is 16.2 Å². The van der Waals surface area contributed by atoms with Crippen molar-refractivity contribution in [2.75, 3.05) is 7.11 Å². The highest BCUT2D eigenvalue weighted by molar-refractivity contribution is 6.32. The van der Waals surface area contributed by atoms with Crippen molar-refractivity contribution in [1.82, 2.24) is 4.98 Å². The van der Waals surface area contributed by atoms with E-state index in [4.69, 9.17) is 16.3 Å². The molecule has 1 N–H and O–H groups in total. The predicted molar refractivity (Wildman–Crippen MR) is 60.9 cm³/mol. The molecule has 2 aromatic rings. The molecule has 15 heavy (non-hydrogen) atoms. The van der Waals surface area contributed by atoms with Gasteiger partial charge in [0.1, 0.15) is 5.75 Å². The summed E-state index contributed by atoms with van der Waals surface area (Å²) in [6, 6.07) is 4.90. The van der Waals surface area contributed by atoms with Crippen LogP contribution in [0.4, 0.5) is 0 Å². The van der Waals surface area contributed by atoms with Gasteiger partial charge in [0.15, 0.2) is 5.43 Å². The summed E-state index contributed by atoms with van der Waals surface area (Å²) in [6.07, 6.45) is 0. The average Bonchev–Trinajstić information content (AvgIpc) is 2.16. The van der Waals surface area contributed by atoms with Crippen LogP contribution >= 0.6 is 11.6 Å². The van der Waals surface area contributed by atoms with E-state index in [-0.39, 0.29) is 5.43 Å². The van der Waals surface area contributed by atoms with Gasteiger partial charge in [-0.1, -0.05) is 11.6 Å². The molecule has 0 spiro atoms. The molecule has 0 amide bonds. The lowest BCUT2D eigenvalue weighted by Gasteiger charge is -2.05. The van der Waals surface area contributed by atoms with Crippen LogP contribution in [-0.2, 0) is 0 Å². The Kier molecular flexibility index (Phi) is 2.40. The quantitative estimate of drug-likeness (QED) is 0.807. The highest BCUT2D eigenvalue weighted by Crippen LogP contribution is 2.27. The maximum Gasteiger partial charge on any atom is 0.189 e. The third kappa shape index (κ3) is 1.70. The van der Waals surface area contributed by atoms with Gasteiger partial charge in [-0.15, -0.1) is 0 Å². The van der Waals surface area contributed by atoms with Gasteiger partial charge in [0.05, 0.1) is 17.6 Å². The first-order valence-corrected chi connectivity index (χ1v) is 4.87. The van der Waals surface area contributed by atoms with Crippen molar-refractivity contribution in [1.29, 1.82) is 0 Å². The van der Waals surface area contributed by atoms with Gasteiger partial charge < -0.3 is 9.72 Å². The van der Waals surface area contributed by atoms with E-state index in [0.717, 1.165) is 11.2 Å². The molecule has 78 valence electrons. The molecule has 0 aliphatic rings. The Labute approximate surface area is 91.6 Å². The van der Waals surface area contributed by atoms with E-state index < -0.39 is 0 Å². The fraction of sp³-hybridized carbons (Fsp3) is 0.182. The largest absolute Gasteiger partial charge is 0.495 e. The van der Waals surface area contributed by atoms with Gasteiger partial charge >= 0.3 is 0 Å². The van der Waals surface area contributed by atoms with Gasteiger partial charge in [-0.25, -0.2) is 0 Å². The second-order valence-electron chi connectivity index (χ2n) is 3.35. The van der Waals surface area contributed by atoms with Crippen molar-refractivity contribution in [2.45, 2.75) is 6.92 Å². The molecule has 0 aliphatic heterocycles.